The maximum atomic E-state index is 12.0. The second-order valence-electron chi connectivity index (χ2n) is 6.76. The van der Waals surface area contributed by atoms with Crippen molar-refractivity contribution in [2.75, 3.05) is 34.3 Å². The van der Waals surface area contributed by atoms with E-state index >= 15 is 0 Å². The number of nitrogens with zero attached hydrogens (tertiary/aromatic N) is 2. The Morgan fingerprint density at radius 2 is 1.73 bits per heavy atom. The number of amides is 1. The van der Waals surface area contributed by atoms with E-state index in [9.17, 15) is 9.90 Å². The van der Waals surface area contributed by atoms with Crippen LogP contribution in [0.5, 0.6) is 5.75 Å². The first kappa shape index (κ1) is 25.7. The second kappa shape index (κ2) is 13.1. The minimum Gasteiger partial charge on any atom is -0.497 e. The highest BCUT2D eigenvalue weighted by Crippen LogP contribution is 2.17. The molecule has 0 aliphatic rings. The van der Waals surface area contributed by atoms with Crippen LogP contribution in [0.2, 0.25) is 0 Å². The number of aliphatic hydroxyl groups is 1. The van der Waals surface area contributed by atoms with Gasteiger partial charge in [0.2, 0.25) is 0 Å². The molecule has 30 heavy (non-hydrogen) atoms. The lowest BCUT2D eigenvalue weighted by Gasteiger charge is -2.16. The quantitative estimate of drug-likeness (QED) is 0.280. The zero-order valence-corrected chi connectivity index (χ0v) is 20.2. The van der Waals surface area contributed by atoms with E-state index in [1.54, 1.807) is 38.2 Å². The first-order valence-corrected chi connectivity index (χ1v) is 9.59. The number of benzene rings is 2. The molecule has 164 valence electrons. The third-order valence-electron chi connectivity index (χ3n) is 4.33. The van der Waals surface area contributed by atoms with Gasteiger partial charge in [0.05, 0.1) is 19.8 Å². The number of hydrogen-bond donors (Lipinski definition) is 3. The van der Waals surface area contributed by atoms with Gasteiger partial charge in [-0.3, -0.25) is 4.79 Å². The molecule has 0 saturated heterocycles. The molecule has 1 atom stereocenters. The summed E-state index contributed by atoms with van der Waals surface area (Å²) in [5.41, 5.74) is 2.44. The van der Waals surface area contributed by atoms with Crippen molar-refractivity contribution in [3.8, 4) is 5.75 Å². The molecule has 1 amide bonds. The van der Waals surface area contributed by atoms with Gasteiger partial charge in [0.1, 0.15) is 5.75 Å². The SMILES string of the molecule is CCNC(=NCc1ccc(C(=O)N(C)C)cc1)NCC(O)c1ccc(OC)cc1.I. The summed E-state index contributed by atoms with van der Waals surface area (Å²) in [5, 5.41) is 16.7. The zero-order chi connectivity index (χ0) is 21.2. The fraction of sp³-hybridized carbons (Fsp3) is 0.364. The number of rotatable bonds is 8. The number of hydrogen-bond acceptors (Lipinski definition) is 4. The molecule has 0 spiro atoms. The largest absolute Gasteiger partial charge is 0.497 e. The van der Waals surface area contributed by atoms with E-state index in [1.165, 1.54) is 0 Å². The summed E-state index contributed by atoms with van der Waals surface area (Å²) >= 11 is 0. The van der Waals surface area contributed by atoms with Gasteiger partial charge in [-0.2, -0.15) is 0 Å². The van der Waals surface area contributed by atoms with Crippen LogP contribution in [0.15, 0.2) is 53.5 Å². The third kappa shape index (κ3) is 7.83. The monoisotopic (exact) mass is 526 g/mol. The molecule has 0 saturated carbocycles. The lowest BCUT2D eigenvalue weighted by molar-refractivity contribution is 0.0827. The maximum Gasteiger partial charge on any atom is 0.253 e. The fourth-order valence-electron chi connectivity index (χ4n) is 2.66. The Hall–Kier alpha value is -2.33. The van der Waals surface area contributed by atoms with Gasteiger partial charge in [-0.15, -0.1) is 24.0 Å². The minimum atomic E-state index is -0.666. The van der Waals surface area contributed by atoms with Crippen molar-refractivity contribution in [2.24, 2.45) is 4.99 Å². The summed E-state index contributed by atoms with van der Waals surface area (Å²) in [6, 6.07) is 14.7. The molecule has 1 unspecified atom stereocenters. The minimum absolute atomic E-state index is 0. The van der Waals surface area contributed by atoms with Crippen LogP contribution < -0.4 is 15.4 Å². The summed E-state index contributed by atoms with van der Waals surface area (Å²) in [6.07, 6.45) is -0.666. The lowest BCUT2D eigenvalue weighted by Crippen LogP contribution is -2.39. The number of halogens is 1. The van der Waals surface area contributed by atoms with Gasteiger partial charge in [-0.1, -0.05) is 24.3 Å². The molecule has 2 aromatic rings. The Balaban J connectivity index is 0.00000450. The van der Waals surface area contributed by atoms with Crippen molar-refractivity contribution in [1.82, 2.24) is 15.5 Å². The molecule has 0 bridgehead atoms. The number of carbonyl (C=O) groups excluding carboxylic acids is 1. The zero-order valence-electron chi connectivity index (χ0n) is 17.9. The lowest BCUT2D eigenvalue weighted by atomic mass is 10.1. The fourth-order valence-corrected chi connectivity index (χ4v) is 2.66. The van der Waals surface area contributed by atoms with Crippen molar-refractivity contribution >= 4 is 35.8 Å². The van der Waals surface area contributed by atoms with Gasteiger partial charge >= 0.3 is 0 Å². The molecule has 0 heterocycles. The Morgan fingerprint density at radius 1 is 1.10 bits per heavy atom. The highest BCUT2D eigenvalue weighted by Gasteiger charge is 2.09. The number of aliphatic hydroxyl groups excluding tert-OH is 1. The Morgan fingerprint density at radius 3 is 2.27 bits per heavy atom. The Kier molecular flexibility index (Phi) is 11.2. The summed E-state index contributed by atoms with van der Waals surface area (Å²) in [4.78, 5) is 18.1. The molecule has 0 aromatic heterocycles. The molecular formula is C22H31IN4O3. The second-order valence-corrected chi connectivity index (χ2v) is 6.76. The van der Waals surface area contributed by atoms with Crippen LogP contribution in [0, 0.1) is 0 Å². The van der Waals surface area contributed by atoms with Gasteiger partial charge in [0, 0.05) is 32.7 Å². The average molecular weight is 526 g/mol. The average Bonchev–Trinajstić information content (AvgIpc) is 2.75. The van der Waals surface area contributed by atoms with Crippen LogP contribution in [0.25, 0.3) is 0 Å². The van der Waals surface area contributed by atoms with Crippen LogP contribution >= 0.6 is 24.0 Å². The summed E-state index contributed by atoms with van der Waals surface area (Å²) < 4.78 is 5.14. The molecule has 2 rings (SSSR count). The molecule has 8 heteroatoms. The first-order chi connectivity index (χ1) is 13.9. The van der Waals surface area contributed by atoms with Gasteiger partial charge in [0.25, 0.3) is 5.91 Å². The molecule has 3 N–H and O–H groups in total. The van der Waals surface area contributed by atoms with Gasteiger partial charge in [-0.25, -0.2) is 4.99 Å². The maximum absolute atomic E-state index is 12.0. The molecule has 7 nitrogen and oxygen atoms in total. The molecule has 0 fully saturated rings. The van der Waals surface area contributed by atoms with E-state index < -0.39 is 6.10 Å². The topological polar surface area (TPSA) is 86.2 Å². The summed E-state index contributed by atoms with van der Waals surface area (Å²) in [5.74, 6) is 1.35. The number of aliphatic imine (C=N–C) groups is 1. The van der Waals surface area contributed by atoms with Crippen LogP contribution in [0.4, 0.5) is 0 Å². The van der Waals surface area contributed by atoms with Crippen molar-refractivity contribution < 1.29 is 14.6 Å². The van der Waals surface area contributed by atoms with Crippen LogP contribution in [-0.4, -0.2) is 56.2 Å². The highest BCUT2D eigenvalue weighted by atomic mass is 127. The predicted octanol–water partition coefficient (Wildman–Crippen LogP) is 2.80. The number of nitrogens with one attached hydrogen (secondary N) is 2. The standard InChI is InChI=1S/C22H30N4O3.HI/c1-5-23-22(25-15-20(27)17-10-12-19(29-4)13-11-17)24-14-16-6-8-18(9-7-16)21(28)26(2)3;/h6-13,20,27H,5,14-15H2,1-4H3,(H2,23,24,25);1H. The molecule has 0 radical (unpaired) electrons. The molecule has 2 aromatic carbocycles. The Bertz CT molecular complexity index is 808. The van der Waals surface area contributed by atoms with E-state index in [2.05, 4.69) is 15.6 Å². The summed E-state index contributed by atoms with van der Waals surface area (Å²) in [7, 11) is 5.07. The van der Waals surface area contributed by atoms with Crippen molar-refractivity contribution in [2.45, 2.75) is 19.6 Å². The predicted molar refractivity (Wildman–Crippen MR) is 131 cm³/mol. The third-order valence-corrected chi connectivity index (χ3v) is 4.33. The number of carbonyl (C=O) groups is 1. The highest BCUT2D eigenvalue weighted by molar-refractivity contribution is 14.0. The molecular weight excluding hydrogens is 495 g/mol. The van der Waals surface area contributed by atoms with Crippen LogP contribution in [0.3, 0.4) is 0 Å². The molecule has 0 aliphatic heterocycles. The number of methoxy groups -OCH3 is 1. The van der Waals surface area contributed by atoms with E-state index in [-0.39, 0.29) is 29.9 Å². The normalized spacial score (nSPS) is 11.8. The van der Waals surface area contributed by atoms with Crippen molar-refractivity contribution in [3.63, 3.8) is 0 Å². The number of ether oxygens (including phenoxy) is 1. The first-order valence-electron chi connectivity index (χ1n) is 9.59. The molecule has 0 aliphatic carbocycles. The van der Waals surface area contributed by atoms with E-state index in [4.69, 9.17) is 4.74 Å². The van der Waals surface area contributed by atoms with Gasteiger partial charge in [-0.05, 0) is 42.3 Å². The van der Waals surface area contributed by atoms with Crippen LogP contribution in [0.1, 0.15) is 34.5 Å². The van der Waals surface area contributed by atoms with Crippen molar-refractivity contribution in [3.05, 3.63) is 65.2 Å². The van der Waals surface area contributed by atoms with Gasteiger partial charge < -0.3 is 25.4 Å². The van der Waals surface area contributed by atoms with E-state index in [1.807, 2.05) is 43.3 Å². The Labute approximate surface area is 195 Å². The van der Waals surface area contributed by atoms with Crippen molar-refractivity contribution in [1.29, 1.82) is 0 Å². The smallest absolute Gasteiger partial charge is 0.253 e. The number of guanidine groups is 1. The van der Waals surface area contributed by atoms with Crippen LogP contribution in [-0.2, 0) is 6.54 Å². The van der Waals surface area contributed by atoms with E-state index in [0.29, 0.717) is 31.2 Å². The van der Waals surface area contributed by atoms with Gasteiger partial charge in [0.15, 0.2) is 5.96 Å². The van der Waals surface area contributed by atoms with E-state index in [0.717, 1.165) is 16.9 Å². The summed E-state index contributed by atoms with van der Waals surface area (Å²) in [6.45, 7) is 3.48.